The average Bonchev–Trinajstić information content (AvgIpc) is 3.55. The molecule has 186 valence electrons. The van der Waals surface area contributed by atoms with E-state index in [4.69, 9.17) is 19.4 Å². The molecule has 9 heteroatoms. The zero-order valence-corrected chi connectivity index (χ0v) is 21.2. The third-order valence-corrected chi connectivity index (χ3v) is 8.42. The first-order valence-electron chi connectivity index (χ1n) is 12.9. The van der Waals surface area contributed by atoms with Crippen LogP contribution in [-0.2, 0) is 16.0 Å². The van der Waals surface area contributed by atoms with Crippen molar-refractivity contribution in [2.75, 3.05) is 56.3 Å². The van der Waals surface area contributed by atoms with Crippen molar-refractivity contribution < 1.29 is 9.47 Å². The van der Waals surface area contributed by atoms with Gasteiger partial charge >= 0.3 is 0 Å². The van der Waals surface area contributed by atoms with Crippen LogP contribution < -0.4 is 10.2 Å². The van der Waals surface area contributed by atoms with E-state index in [0.29, 0.717) is 12.0 Å². The van der Waals surface area contributed by atoms with Crippen LogP contribution in [0.1, 0.15) is 49.8 Å². The lowest BCUT2D eigenvalue weighted by Crippen LogP contribution is -2.43. The molecule has 3 aromatic heterocycles. The van der Waals surface area contributed by atoms with Crippen molar-refractivity contribution in [1.82, 2.24) is 19.9 Å². The molecule has 0 unspecified atom stereocenters. The highest BCUT2D eigenvalue weighted by atomic mass is 32.1. The van der Waals surface area contributed by atoms with Crippen molar-refractivity contribution in [3.05, 3.63) is 35.7 Å². The maximum atomic E-state index is 5.61. The van der Waals surface area contributed by atoms with Crippen LogP contribution in [0.25, 0.3) is 10.2 Å². The predicted molar refractivity (Wildman–Crippen MR) is 140 cm³/mol. The largest absolute Gasteiger partial charge is 0.381 e. The third kappa shape index (κ3) is 5.14. The Labute approximate surface area is 210 Å². The Hall–Kier alpha value is -2.33. The summed E-state index contributed by atoms with van der Waals surface area (Å²) in [5.41, 5.74) is 3.55. The molecule has 3 aliphatic heterocycles. The van der Waals surface area contributed by atoms with Gasteiger partial charge in [-0.15, -0.1) is 0 Å². The Morgan fingerprint density at radius 1 is 1.03 bits per heavy atom. The van der Waals surface area contributed by atoms with Gasteiger partial charge in [-0.1, -0.05) is 17.4 Å². The van der Waals surface area contributed by atoms with Crippen LogP contribution in [0.15, 0.2) is 24.4 Å². The third-order valence-electron chi connectivity index (χ3n) is 7.38. The Balaban J connectivity index is 1.24. The SMILES string of the molecule is C[C@H]1COCCN1c1nc2cc(Nc3ccc(C4CCOCC4)c(CN4CCCC4)n3)ncc2s1. The monoisotopic (exact) mass is 494 g/mol. The van der Waals surface area contributed by atoms with Gasteiger partial charge in [0.2, 0.25) is 0 Å². The van der Waals surface area contributed by atoms with E-state index in [9.17, 15) is 0 Å². The fourth-order valence-corrected chi connectivity index (χ4v) is 6.44. The molecule has 3 aromatic rings. The van der Waals surface area contributed by atoms with E-state index < -0.39 is 0 Å². The first kappa shape index (κ1) is 23.1. The van der Waals surface area contributed by atoms with Gasteiger partial charge in [0, 0.05) is 38.6 Å². The molecule has 3 fully saturated rings. The molecule has 6 heterocycles. The van der Waals surface area contributed by atoms with Gasteiger partial charge in [0.15, 0.2) is 5.13 Å². The number of morpholine rings is 1. The summed E-state index contributed by atoms with van der Waals surface area (Å²) in [5, 5.41) is 4.50. The summed E-state index contributed by atoms with van der Waals surface area (Å²) in [7, 11) is 0. The van der Waals surface area contributed by atoms with Crippen LogP contribution in [0.3, 0.4) is 0 Å². The Morgan fingerprint density at radius 2 is 1.89 bits per heavy atom. The number of aromatic nitrogens is 3. The van der Waals surface area contributed by atoms with Gasteiger partial charge < -0.3 is 19.7 Å². The molecule has 6 rings (SSSR count). The van der Waals surface area contributed by atoms with Gasteiger partial charge in [0.1, 0.15) is 11.6 Å². The minimum Gasteiger partial charge on any atom is -0.381 e. The van der Waals surface area contributed by atoms with Crippen molar-refractivity contribution in [2.24, 2.45) is 0 Å². The van der Waals surface area contributed by atoms with E-state index >= 15 is 0 Å². The molecule has 0 aromatic carbocycles. The number of likely N-dealkylation sites (tertiary alicyclic amines) is 1. The number of nitrogens with one attached hydrogen (secondary N) is 1. The predicted octanol–water partition coefficient (Wildman–Crippen LogP) is 4.54. The Bertz CT molecular complexity index is 1160. The van der Waals surface area contributed by atoms with Crippen molar-refractivity contribution in [2.45, 2.75) is 51.1 Å². The lowest BCUT2D eigenvalue weighted by Gasteiger charge is -2.32. The number of hydrogen-bond donors (Lipinski definition) is 1. The van der Waals surface area contributed by atoms with Crippen molar-refractivity contribution in [1.29, 1.82) is 0 Å². The van der Waals surface area contributed by atoms with Crippen molar-refractivity contribution in [3.63, 3.8) is 0 Å². The van der Waals surface area contributed by atoms with Gasteiger partial charge in [0.05, 0.1) is 35.2 Å². The van der Waals surface area contributed by atoms with E-state index in [-0.39, 0.29) is 0 Å². The zero-order chi connectivity index (χ0) is 23.6. The van der Waals surface area contributed by atoms with E-state index in [2.05, 4.69) is 39.2 Å². The van der Waals surface area contributed by atoms with Crippen LogP contribution in [-0.4, -0.2) is 72.0 Å². The Kier molecular flexibility index (Phi) is 6.82. The standard InChI is InChI=1S/C26H34N6O2S/c1-18-17-34-13-10-32(18)26-29-21-14-25(27-15-23(21)35-26)30-24-5-4-20(19-6-11-33-12-7-19)22(28-24)16-31-8-2-3-9-31/h4-5,14-15,18-19H,2-3,6-13,16-17H2,1H3,(H,27,28,30)/t18-/m0/s1. The smallest absolute Gasteiger partial charge is 0.186 e. The number of anilines is 3. The molecule has 0 saturated carbocycles. The quantitative estimate of drug-likeness (QED) is 0.535. The van der Waals surface area contributed by atoms with E-state index in [1.54, 1.807) is 11.3 Å². The Morgan fingerprint density at radius 3 is 2.71 bits per heavy atom. The van der Waals surface area contributed by atoms with Crippen LogP contribution in [0.5, 0.6) is 0 Å². The van der Waals surface area contributed by atoms with Crippen LogP contribution in [0, 0.1) is 0 Å². The molecule has 8 nitrogen and oxygen atoms in total. The maximum absolute atomic E-state index is 5.61. The molecule has 3 saturated heterocycles. The summed E-state index contributed by atoms with van der Waals surface area (Å²) in [6.07, 6.45) is 6.65. The summed E-state index contributed by atoms with van der Waals surface area (Å²) >= 11 is 1.70. The number of nitrogens with zero attached hydrogens (tertiary/aromatic N) is 5. The molecule has 1 N–H and O–H groups in total. The molecule has 0 spiro atoms. The highest BCUT2D eigenvalue weighted by Gasteiger charge is 2.24. The molecule has 0 amide bonds. The van der Waals surface area contributed by atoms with Gasteiger partial charge in [-0.25, -0.2) is 15.0 Å². The fourth-order valence-electron chi connectivity index (χ4n) is 5.40. The lowest BCUT2D eigenvalue weighted by molar-refractivity contribution is 0.0849. The molecule has 0 radical (unpaired) electrons. The fraction of sp³-hybridized carbons (Fsp3) is 0.577. The molecule has 35 heavy (non-hydrogen) atoms. The molecular weight excluding hydrogens is 460 g/mol. The number of pyridine rings is 2. The first-order chi connectivity index (χ1) is 17.2. The molecule has 1 atom stereocenters. The van der Waals surface area contributed by atoms with E-state index in [1.165, 1.54) is 37.2 Å². The summed E-state index contributed by atoms with van der Waals surface area (Å²) in [4.78, 5) is 19.6. The van der Waals surface area contributed by atoms with Crippen molar-refractivity contribution in [3.8, 4) is 0 Å². The second kappa shape index (κ2) is 10.3. The number of rotatable bonds is 6. The van der Waals surface area contributed by atoms with E-state index in [1.807, 2.05) is 12.3 Å². The van der Waals surface area contributed by atoms with Gasteiger partial charge in [-0.05, 0) is 63.2 Å². The molecular formula is C26H34N6O2S. The topological polar surface area (TPSA) is 75.6 Å². The minimum atomic E-state index is 0.335. The van der Waals surface area contributed by atoms with Crippen molar-refractivity contribution >= 4 is 38.3 Å². The number of ether oxygens (including phenoxy) is 2. The van der Waals surface area contributed by atoms with Gasteiger partial charge in [0.25, 0.3) is 0 Å². The molecule has 3 aliphatic rings. The second-order valence-corrected chi connectivity index (χ2v) is 10.9. The lowest BCUT2D eigenvalue weighted by atomic mass is 9.90. The first-order valence-corrected chi connectivity index (χ1v) is 13.7. The molecule has 0 aliphatic carbocycles. The van der Waals surface area contributed by atoms with E-state index in [0.717, 1.165) is 79.3 Å². The van der Waals surface area contributed by atoms with Gasteiger partial charge in [-0.3, -0.25) is 4.90 Å². The summed E-state index contributed by atoms with van der Waals surface area (Å²) in [6, 6.07) is 6.75. The summed E-state index contributed by atoms with van der Waals surface area (Å²) < 4.78 is 12.3. The maximum Gasteiger partial charge on any atom is 0.186 e. The van der Waals surface area contributed by atoms with Gasteiger partial charge in [-0.2, -0.15) is 0 Å². The zero-order valence-electron chi connectivity index (χ0n) is 20.4. The second-order valence-electron chi connectivity index (χ2n) is 9.88. The van der Waals surface area contributed by atoms with Crippen LogP contribution in [0.4, 0.5) is 16.8 Å². The molecule has 0 bridgehead atoms. The number of fused-ring (bicyclic) bond motifs is 1. The highest BCUT2D eigenvalue weighted by Crippen LogP contribution is 2.33. The van der Waals surface area contributed by atoms with Crippen LogP contribution >= 0.6 is 11.3 Å². The normalized spacial score (nSPS) is 22.2. The number of hydrogen-bond acceptors (Lipinski definition) is 9. The average molecular weight is 495 g/mol. The number of thiazole rings is 1. The minimum absolute atomic E-state index is 0.335. The highest BCUT2D eigenvalue weighted by molar-refractivity contribution is 7.22. The van der Waals surface area contributed by atoms with Crippen LogP contribution in [0.2, 0.25) is 0 Å². The summed E-state index contributed by atoms with van der Waals surface area (Å²) in [5.74, 6) is 2.16. The summed E-state index contributed by atoms with van der Waals surface area (Å²) in [6.45, 7) is 9.50.